The van der Waals surface area contributed by atoms with E-state index in [0.717, 1.165) is 16.7 Å². The summed E-state index contributed by atoms with van der Waals surface area (Å²) in [5, 5.41) is 0. The molecule has 2 rings (SSSR count). The lowest BCUT2D eigenvalue weighted by Gasteiger charge is -2.13. The Morgan fingerprint density at radius 1 is 1.16 bits per heavy atom. The molecule has 0 radical (unpaired) electrons. The van der Waals surface area contributed by atoms with E-state index in [9.17, 15) is 4.79 Å². The molecule has 2 aromatic carbocycles. The molecule has 0 spiro atoms. The van der Waals surface area contributed by atoms with Crippen LogP contribution >= 0.6 is 0 Å². The monoisotopic (exact) mass is 252 g/mol. The number of hydrogen-bond donors (Lipinski definition) is 2. The number of nitrogen functional groups attached to an aromatic ring is 1. The predicted octanol–water partition coefficient (Wildman–Crippen LogP) is 2.69. The second-order valence-corrected chi connectivity index (χ2v) is 4.16. The molecule has 0 aliphatic carbocycles. The maximum atomic E-state index is 11.8. The average molecular weight is 252 g/mol. The number of carbonyl (C=O) groups excluding carboxylic acids is 1. The molecule has 0 saturated carbocycles. The van der Waals surface area contributed by atoms with Crippen molar-refractivity contribution < 1.29 is 4.79 Å². The van der Waals surface area contributed by atoms with Crippen molar-refractivity contribution in [3.63, 3.8) is 0 Å². The predicted molar refractivity (Wildman–Crippen MR) is 77.4 cm³/mol. The lowest BCUT2D eigenvalue weighted by Crippen LogP contribution is -2.30. The molecule has 0 aliphatic rings. The van der Waals surface area contributed by atoms with Crippen molar-refractivity contribution >= 4 is 5.91 Å². The van der Waals surface area contributed by atoms with Gasteiger partial charge in [-0.1, -0.05) is 48.5 Å². The third kappa shape index (κ3) is 2.72. The van der Waals surface area contributed by atoms with Crippen molar-refractivity contribution in [1.29, 1.82) is 0 Å². The number of carbonyl (C=O) groups is 1. The van der Waals surface area contributed by atoms with E-state index in [1.54, 1.807) is 12.1 Å². The summed E-state index contributed by atoms with van der Waals surface area (Å²) in [4.78, 5) is 11.8. The highest BCUT2D eigenvalue weighted by Gasteiger charge is 2.13. The summed E-state index contributed by atoms with van der Waals surface area (Å²) in [6, 6.07) is 15.6. The molecule has 0 bridgehead atoms. The zero-order valence-corrected chi connectivity index (χ0v) is 10.6. The molecular formula is C16H16N2O. The fraction of sp³-hybridized carbons (Fsp3) is 0.0625. The number of hydrazine groups is 1. The standard InChI is InChI=1S/C16H16N2O/c1-2-7-14-13(12-8-4-3-5-9-12)10-6-11-15(14)16(19)18-17/h2-6,8-11H,1,7,17H2,(H,18,19). The molecule has 0 fully saturated rings. The lowest BCUT2D eigenvalue weighted by molar-refractivity contribution is 0.0953. The Labute approximate surface area is 112 Å². The molecule has 3 nitrogen and oxygen atoms in total. The average Bonchev–Trinajstić information content (AvgIpc) is 2.48. The van der Waals surface area contributed by atoms with E-state index in [-0.39, 0.29) is 5.91 Å². The molecule has 3 heteroatoms. The summed E-state index contributed by atoms with van der Waals surface area (Å²) in [6.45, 7) is 3.75. The van der Waals surface area contributed by atoms with Gasteiger partial charge in [0.25, 0.3) is 5.91 Å². The quantitative estimate of drug-likeness (QED) is 0.380. The minimum absolute atomic E-state index is 0.283. The van der Waals surface area contributed by atoms with Gasteiger partial charge in [-0.15, -0.1) is 6.58 Å². The second kappa shape index (κ2) is 5.98. The highest BCUT2D eigenvalue weighted by molar-refractivity contribution is 5.97. The van der Waals surface area contributed by atoms with Crippen LogP contribution in [0.25, 0.3) is 11.1 Å². The second-order valence-electron chi connectivity index (χ2n) is 4.16. The number of amides is 1. The van der Waals surface area contributed by atoms with Gasteiger partial charge < -0.3 is 0 Å². The topological polar surface area (TPSA) is 55.1 Å². The number of hydrogen-bond acceptors (Lipinski definition) is 2. The van der Waals surface area contributed by atoms with E-state index >= 15 is 0 Å². The van der Waals surface area contributed by atoms with Crippen LogP contribution in [0.15, 0.2) is 61.2 Å². The Morgan fingerprint density at radius 3 is 2.53 bits per heavy atom. The number of rotatable bonds is 4. The fourth-order valence-electron chi connectivity index (χ4n) is 2.13. The first kappa shape index (κ1) is 13.1. The largest absolute Gasteiger partial charge is 0.290 e. The van der Waals surface area contributed by atoms with Crippen molar-refractivity contribution in [2.45, 2.75) is 6.42 Å². The zero-order chi connectivity index (χ0) is 13.7. The van der Waals surface area contributed by atoms with Crippen LogP contribution in [-0.2, 0) is 6.42 Å². The highest BCUT2D eigenvalue weighted by Crippen LogP contribution is 2.27. The van der Waals surface area contributed by atoms with Crippen molar-refractivity contribution in [2.24, 2.45) is 5.84 Å². The van der Waals surface area contributed by atoms with E-state index in [1.807, 2.05) is 42.5 Å². The van der Waals surface area contributed by atoms with Gasteiger partial charge in [0.15, 0.2) is 0 Å². The summed E-state index contributed by atoms with van der Waals surface area (Å²) < 4.78 is 0. The van der Waals surface area contributed by atoms with Crippen LogP contribution in [0.5, 0.6) is 0 Å². The first-order valence-electron chi connectivity index (χ1n) is 6.07. The third-order valence-electron chi connectivity index (χ3n) is 2.98. The van der Waals surface area contributed by atoms with Gasteiger partial charge >= 0.3 is 0 Å². The summed E-state index contributed by atoms with van der Waals surface area (Å²) in [5.74, 6) is 4.95. The molecule has 0 saturated heterocycles. The molecule has 96 valence electrons. The number of nitrogens with one attached hydrogen (secondary N) is 1. The molecule has 2 aromatic rings. The van der Waals surface area contributed by atoms with E-state index < -0.39 is 0 Å². The first-order valence-corrected chi connectivity index (χ1v) is 6.07. The van der Waals surface area contributed by atoms with Crippen LogP contribution in [0.3, 0.4) is 0 Å². The highest BCUT2D eigenvalue weighted by atomic mass is 16.2. The van der Waals surface area contributed by atoms with Crippen LogP contribution < -0.4 is 11.3 Å². The molecule has 0 atom stereocenters. The lowest BCUT2D eigenvalue weighted by atomic mass is 9.93. The van der Waals surface area contributed by atoms with Crippen LogP contribution in [0.4, 0.5) is 0 Å². The van der Waals surface area contributed by atoms with Crippen LogP contribution in [0, 0.1) is 0 Å². The maximum Gasteiger partial charge on any atom is 0.265 e. The summed E-state index contributed by atoms with van der Waals surface area (Å²) >= 11 is 0. The van der Waals surface area contributed by atoms with E-state index in [1.165, 1.54) is 0 Å². The SMILES string of the molecule is C=CCc1c(C(=O)NN)cccc1-c1ccccc1. The van der Waals surface area contributed by atoms with Gasteiger partial charge in [-0.3, -0.25) is 10.2 Å². The smallest absolute Gasteiger partial charge is 0.265 e. The van der Waals surface area contributed by atoms with Gasteiger partial charge in [-0.05, 0) is 29.2 Å². The number of nitrogens with two attached hydrogens (primary N) is 1. The van der Waals surface area contributed by atoms with Crippen LogP contribution in [0.1, 0.15) is 15.9 Å². The van der Waals surface area contributed by atoms with Gasteiger partial charge in [0.2, 0.25) is 0 Å². The Balaban J connectivity index is 2.61. The first-order chi connectivity index (χ1) is 9.27. The molecule has 19 heavy (non-hydrogen) atoms. The van der Waals surface area contributed by atoms with E-state index in [2.05, 4.69) is 12.0 Å². The Hall–Kier alpha value is -2.39. The molecule has 0 aliphatic heterocycles. The molecule has 0 unspecified atom stereocenters. The van der Waals surface area contributed by atoms with Crippen molar-refractivity contribution in [3.8, 4) is 11.1 Å². The zero-order valence-electron chi connectivity index (χ0n) is 10.6. The summed E-state index contributed by atoms with van der Waals surface area (Å²) in [5.41, 5.74) is 5.81. The molecular weight excluding hydrogens is 236 g/mol. The third-order valence-corrected chi connectivity index (χ3v) is 2.98. The van der Waals surface area contributed by atoms with Gasteiger partial charge in [0.05, 0.1) is 0 Å². The van der Waals surface area contributed by atoms with Gasteiger partial charge in [-0.2, -0.15) is 0 Å². The minimum Gasteiger partial charge on any atom is -0.290 e. The van der Waals surface area contributed by atoms with Gasteiger partial charge in [0.1, 0.15) is 0 Å². The fourth-order valence-corrected chi connectivity index (χ4v) is 2.13. The minimum atomic E-state index is -0.283. The maximum absolute atomic E-state index is 11.8. The molecule has 3 N–H and O–H groups in total. The molecule has 1 amide bonds. The molecule has 0 heterocycles. The number of benzene rings is 2. The number of allylic oxidation sites excluding steroid dienone is 1. The van der Waals surface area contributed by atoms with E-state index in [4.69, 9.17) is 5.84 Å². The van der Waals surface area contributed by atoms with Crippen LogP contribution in [-0.4, -0.2) is 5.91 Å². The van der Waals surface area contributed by atoms with Gasteiger partial charge in [0, 0.05) is 5.56 Å². The van der Waals surface area contributed by atoms with E-state index in [0.29, 0.717) is 12.0 Å². The van der Waals surface area contributed by atoms with Crippen molar-refractivity contribution in [3.05, 3.63) is 72.3 Å². The molecule has 0 aromatic heterocycles. The van der Waals surface area contributed by atoms with Crippen molar-refractivity contribution in [2.75, 3.05) is 0 Å². The summed E-state index contributed by atoms with van der Waals surface area (Å²) in [7, 11) is 0. The summed E-state index contributed by atoms with van der Waals surface area (Å²) in [6.07, 6.45) is 2.41. The van der Waals surface area contributed by atoms with Gasteiger partial charge in [-0.25, -0.2) is 5.84 Å². The normalized spacial score (nSPS) is 9.95. The Kier molecular flexibility index (Phi) is 4.11. The Bertz CT molecular complexity index is 591. The Morgan fingerprint density at radius 2 is 1.89 bits per heavy atom. The van der Waals surface area contributed by atoms with Crippen LogP contribution in [0.2, 0.25) is 0 Å². The van der Waals surface area contributed by atoms with Crippen molar-refractivity contribution in [1.82, 2.24) is 5.43 Å².